The van der Waals surface area contributed by atoms with Gasteiger partial charge in [-0.25, -0.2) is 4.98 Å². The zero-order valence-corrected chi connectivity index (χ0v) is 9.83. The van der Waals surface area contributed by atoms with Gasteiger partial charge in [-0.05, 0) is 36.8 Å². The predicted molar refractivity (Wildman–Crippen MR) is 64.0 cm³/mol. The quantitative estimate of drug-likeness (QED) is 0.825. The number of nitrogens with one attached hydrogen (secondary N) is 1. The molecule has 1 atom stereocenters. The van der Waals surface area contributed by atoms with E-state index in [4.69, 9.17) is 5.26 Å². The highest BCUT2D eigenvalue weighted by atomic mass is 14.9. The number of pyridine rings is 1. The molecule has 1 aromatic heterocycles. The molecule has 0 aliphatic heterocycles. The lowest BCUT2D eigenvalue weighted by Gasteiger charge is -2.18. The number of anilines is 1. The molecule has 1 heterocycles. The highest BCUT2D eigenvalue weighted by Crippen LogP contribution is 2.38. The minimum Gasteiger partial charge on any atom is -0.382 e. The summed E-state index contributed by atoms with van der Waals surface area (Å²) in [5.41, 5.74) is 1.93. The molecule has 1 aromatic rings. The molecule has 3 nitrogen and oxygen atoms in total. The van der Waals surface area contributed by atoms with Crippen LogP contribution >= 0.6 is 0 Å². The van der Waals surface area contributed by atoms with Crippen molar-refractivity contribution in [3.63, 3.8) is 0 Å². The fourth-order valence-electron chi connectivity index (χ4n) is 2.38. The zero-order valence-electron chi connectivity index (χ0n) is 9.83. The third kappa shape index (κ3) is 2.52. The molecular weight excluding hydrogens is 198 g/mol. The first-order valence-corrected chi connectivity index (χ1v) is 5.72. The summed E-state index contributed by atoms with van der Waals surface area (Å²) in [5, 5.41) is 12.2. The molecule has 1 fully saturated rings. The Morgan fingerprint density at radius 3 is 3.00 bits per heavy atom. The van der Waals surface area contributed by atoms with Crippen molar-refractivity contribution in [1.82, 2.24) is 4.98 Å². The fourth-order valence-corrected chi connectivity index (χ4v) is 2.38. The first-order valence-electron chi connectivity index (χ1n) is 5.72. The average Bonchev–Trinajstić information content (AvgIpc) is 2.58. The van der Waals surface area contributed by atoms with Crippen LogP contribution in [0.4, 0.5) is 5.69 Å². The van der Waals surface area contributed by atoms with Crippen LogP contribution in [-0.4, -0.2) is 11.0 Å². The first-order chi connectivity index (χ1) is 7.59. The van der Waals surface area contributed by atoms with Crippen molar-refractivity contribution in [2.24, 2.45) is 5.41 Å². The van der Waals surface area contributed by atoms with E-state index < -0.39 is 0 Å². The van der Waals surface area contributed by atoms with E-state index in [9.17, 15) is 0 Å². The SMILES string of the molecule is CC1(C)CCC(Nc2ccnc(C#N)c2)C1. The van der Waals surface area contributed by atoms with Gasteiger partial charge in [0.2, 0.25) is 0 Å². The van der Waals surface area contributed by atoms with Crippen molar-refractivity contribution in [3.05, 3.63) is 24.0 Å². The van der Waals surface area contributed by atoms with Crippen LogP contribution in [0.2, 0.25) is 0 Å². The third-order valence-electron chi connectivity index (χ3n) is 3.21. The van der Waals surface area contributed by atoms with Gasteiger partial charge < -0.3 is 5.32 Å². The number of rotatable bonds is 2. The molecule has 0 radical (unpaired) electrons. The van der Waals surface area contributed by atoms with Crippen LogP contribution in [0.3, 0.4) is 0 Å². The summed E-state index contributed by atoms with van der Waals surface area (Å²) in [4.78, 5) is 3.96. The van der Waals surface area contributed by atoms with E-state index in [1.54, 1.807) is 6.20 Å². The predicted octanol–water partition coefficient (Wildman–Crippen LogP) is 2.94. The van der Waals surface area contributed by atoms with Gasteiger partial charge in [-0.2, -0.15) is 5.26 Å². The molecule has 1 aliphatic carbocycles. The molecule has 1 saturated carbocycles. The highest BCUT2D eigenvalue weighted by molar-refractivity contribution is 5.46. The van der Waals surface area contributed by atoms with Crippen LogP contribution in [0.1, 0.15) is 38.8 Å². The lowest BCUT2D eigenvalue weighted by atomic mass is 9.92. The minimum absolute atomic E-state index is 0.447. The van der Waals surface area contributed by atoms with E-state index in [0.29, 0.717) is 17.2 Å². The summed E-state index contributed by atoms with van der Waals surface area (Å²) in [7, 11) is 0. The molecule has 3 heteroatoms. The molecule has 0 saturated heterocycles. The van der Waals surface area contributed by atoms with Crippen molar-refractivity contribution in [3.8, 4) is 6.07 Å². The maximum atomic E-state index is 8.77. The number of hydrogen-bond acceptors (Lipinski definition) is 3. The third-order valence-corrected chi connectivity index (χ3v) is 3.21. The Balaban J connectivity index is 2.02. The van der Waals surface area contributed by atoms with Gasteiger partial charge in [0.15, 0.2) is 0 Å². The van der Waals surface area contributed by atoms with Gasteiger partial charge in [0.1, 0.15) is 11.8 Å². The summed E-state index contributed by atoms with van der Waals surface area (Å²) < 4.78 is 0. The minimum atomic E-state index is 0.447. The molecule has 1 unspecified atom stereocenters. The van der Waals surface area contributed by atoms with Crippen molar-refractivity contribution in [2.75, 3.05) is 5.32 Å². The summed E-state index contributed by atoms with van der Waals surface area (Å²) in [6.45, 7) is 4.61. The van der Waals surface area contributed by atoms with Crippen LogP contribution in [0.15, 0.2) is 18.3 Å². The first kappa shape index (κ1) is 10.9. The monoisotopic (exact) mass is 215 g/mol. The van der Waals surface area contributed by atoms with Gasteiger partial charge in [-0.1, -0.05) is 13.8 Å². The summed E-state index contributed by atoms with van der Waals surface area (Å²) in [6, 6.07) is 6.32. The standard InChI is InChI=1S/C13H17N3/c1-13(2)5-3-11(8-13)16-10-4-6-15-12(7-10)9-14/h4,6-7,11H,3,5,8H2,1-2H3,(H,15,16). The van der Waals surface area contributed by atoms with Crippen LogP contribution in [-0.2, 0) is 0 Å². The van der Waals surface area contributed by atoms with Gasteiger partial charge in [0.25, 0.3) is 0 Å². The maximum absolute atomic E-state index is 8.77. The molecule has 0 amide bonds. The van der Waals surface area contributed by atoms with Crippen molar-refractivity contribution in [2.45, 2.75) is 39.2 Å². The topological polar surface area (TPSA) is 48.7 Å². The molecule has 2 rings (SSSR count). The van der Waals surface area contributed by atoms with E-state index in [0.717, 1.165) is 5.69 Å². The number of hydrogen-bond donors (Lipinski definition) is 1. The van der Waals surface area contributed by atoms with Crippen LogP contribution in [0.25, 0.3) is 0 Å². The normalized spacial score (nSPS) is 22.7. The number of nitrogens with zero attached hydrogens (tertiary/aromatic N) is 2. The fraction of sp³-hybridized carbons (Fsp3) is 0.538. The van der Waals surface area contributed by atoms with Gasteiger partial charge in [-0.15, -0.1) is 0 Å². The summed E-state index contributed by atoms with van der Waals surface area (Å²) in [5.74, 6) is 0. The molecule has 0 spiro atoms. The summed E-state index contributed by atoms with van der Waals surface area (Å²) in [6.07, 6.45) is 5.34. The molecule has 16 heavy (non-hydrogen) atoms. The molecule has 1 aliphatic rings. The Kier molecular flexibility index (Phi) is 2.82. The summed E-state index contributed by atoms with van der Waals surface area (Å²) >= 11 is 0. The Morgan fingerprint density at radius 1 is 1.56 bits per heavy atom. The van der Waals surface area contributed by atoms with Crippen LogP contribution in [0.5, 0.6) is 0 Å². The van der Waals surface area contributed by atoms with Gasteiger partial charge >= 0.3 is 0 Å². The second-order valence-electron chi connectivity index (χ2n) is 5.29. The lowest BCUT2D eigenvalue weighted by molar-refractivity contribution is 0.378. The number of aromatic nitrogens is 1. The molecule has 0 aromatic carbocycles. The zero-order chi connectivity index (χ0) is 11.6. The van der Waals surface area contributed by atoms with Crippen molar-refractivity contribution in [1.29, 1.82) is 5.26 Å². The Morgan fingerprint density at radius 2 is 2.38 bits per heavy atom. The van der Waals surface area contributed by atoms with Gasteiger partial charge in [0, 0.05) is 17.9 Å². The second kappa shape index (κ2) is 4.13. The highest BCUT2D eigenvalue weighted by Gasteiger charge is 2.30. The van der Waals surface area contributed by atoms with Crippen LogP contribution in [0, 0.1) is 16.7 Å². The number of nitriles is 1. The Hall–Kier alpha value is -1.56. The largest absolute Gasteiger partial charge is 0.382 e. The molecule has 1 N–H and O–H groups in total. The Bertz CT molecular complexity index is 417. The molecular formula is C13H17N3. The smallest absolute Gasteiger partial charge is 0.142 e. The molecule has 0 bridgehead atoms. The maximum Gasteiger partial charge on any atom is 0.142 e. The van der Waals surface area contributed by atoms with E-state index in [1.165, 1.54) is 19.3 Å². The van der Waals surface area contributed by atoms with Crippen molar-refractivity contribution < 1.29 is 0 Å². The average molecular weight is 215 g/mol. The Labute approximate surface area is 96.5 Å². The van der Waals surface area contributed by atoms with Gasteiger partial charge in [-0.3, -0.25) is 0 Å². The lowest BCUT2D eigenvalue weighted by Crippen LogP contribution is -2.17. The van der Waals surface area contributed by atoms with E-state index in [2.05, 4.69) is 30.2 Å². The molecule has 84 valence electrons. The second-order valence-corrected chi connectivity index (χ2v) is 5.29. The van der Waals surface area contributed by atoms with E-state index >= 15 is 0 Å². The van der Waals surface area contributed by atoms with Crippen LogP contribution < -0.4 is 5.32 Å². The van der Waals surface area contributed by atoms with Crippen molar-refractivity contribution >= 4 is 5.69 Å². The van der Waals surface area contributed by atoms with E-state index in [-0.39, 0.29) is 0 Å². The van der Waals surface area contributed by atoms with E-state index in [1.807, 2.05) is 12.1 Å². The van der Waals surface area contributed by atoms with Gasteiger partial charge in [0.05, 0.1) is 0 Å².